The van der Waals surface area contributed by atoms with Crippen molar-refractivity contribution in [1.29, 1.82) is 0 Å². The van der Waals surface area contributed by atoms with Gasteiger partial charge in [-0.05, 0) is 32.7 Å². The van der Waals surface area contributed by atoms with Crippen molar-refractivity contribution >= 4 is 0 Å². The topological polar surface area (TPSA) is 51.0 Å². The Labute approximate surface area is 106 Å². The van der Waals surface area contributed by atoms with Crippen LogP contribution in [0.5, 0.6) is 0 Å². The summed E-state index contributed by atoms with van der Waals surface area (Å²) in [5.74, 6) is 1.36. The molecular weight excluding hydrogens is 226 g/mol. The van der Waals surface area contributed by atoms with Crippen LogP contribution in [-0.4, -0.2) is 16.7 Å². The fourth-order valence-electron chi connectivity index (χ4n) is 2.39. The minimum absolute atomic E-state index is 0.168. The van der Waals surface area contributed by atoms with Crippen LogP contribution >= 0.6 is 0 Å². The SMILES string of the molecule is CC1(c2nc(-c3ccccc3)no2)CCCCN1. The average molecular weight is 243 g/mol. The second kappa shape index (κ2) is 4.53. The number of nitrogens with zero attached hydrogens (tertiary/aromatic N) is 2. The number of rotatable bonds is 2. The maximum atomic E-state index is 5.44. The molecule has 4 nitrogen and oxygen atoms in total. The van der Waals surface area contributed by atoms with E-state index in [0.717, 1.165) is 18.5 Å². The molecule has 18 heavy (non-hydrogen) atoms. The number of hydrogen-bond acceptors (Lipinski definition) is 4. The Morgan fingerprint density at radius 3 is 2.78 bits per heavy atom. The maximum Gasteiger partial charge on any atom is 0.246 e. The van der Waals surface area contributed by atoms with E-state index in [-0.39, 0.29) is 5.54 Å². The highest BCUT2D eigenvalue weighted by atomic mass is 16.5. The molecule has 1 saturated heterocycles. The Morgan fingerprint density at radius 2 is 2.06 bits per heavy atom. The molecule has 1 aromatic carbocycles. The molecule has 0 bridgehead atoms. The van der Waals surface area contributed by atoms with E-state index in [4.69, 9.17) is 4.52 Å². The van der Waals surface area contributed by atoms with Gasteiger partial charge in [-0.2, -0.15) is 4.98 Å². The zero-order chi connectivity index (χ0) is 12.4. The molecule has 2 aromatic rings. The van der Waals surface area contributed by atoms with Crippen molar-refractivity contribution < 1.29 is 4.52 Å². The number of piperidine rings is 1. The van der Waals surface area contributed by atoms with Gasteiger partial charge in [0.05, 0.1) is 5.54 Å². The summed E-state index contributed by atoms with van der Waals surface area (Å²) in [6, 6.07) is 9.92. The standard InChI is InChI=1S/C14H17N3O/c1-14(9-5-6-10-15-14)13-16-12(17-18-13)11-7-3-2-4-8-11/h2-4,7-8,15H,5-6,9-10H2,1H3. The van der Waals surface area contributed by atoms with Crippen LogP contribution in [0.3, 0.4) is 0 Å². The molecule has 1 aliphatic rings. The third kappa shape index (κ3) is 2.04. The minimum atomic E-state index is -0.168. The molecule has 0 spiro atoms. The van der Waals surface area contributed by atoms with Crippen LogP contribution in [0, 0.1) is 0 Å². The predicted octanol–water partition coefficient (Wildman–Crippen LogP) is 2.73. The minimum Gasteiger partial charge on any atom is -0.337 e. The summed E-state index contributed by atoms with van der Waals surface area (Å²) in [6.45, 7) is 3.15. The molecule has 4 heteroatoms. The molecule has 1 aromatic heterocycles. The van der Waals surface area contributed by atoms with E-state index in [9.17, 15) is 0 Å². The molecule has 0 aliphatic carbocycles. The van der Waals surface area contributed by atoms with E-state index in [2.05, 4.69) is 22.4 Å². The number of benzene rings is 1. The maximum absolute atomic E-state index is 5.44. The Kier molecular flexibility index (Phi) is 2.88. The molecule has 0 saturated carbocycles. The molecule has 1 atom stereocenters. The van der Waals surface area contributed by atoms with E-state index < -0.39 is 0 Å². The van der Waals surface area contributed by atoms with Gasteiger partial charge in [-0.25, -0.2) is 0 Å². The molecule has 1 N–H and O–H groups in total. The molecule has 0 amide bonds. The quantitative estimate of drug-likeness (QED) is 0.881. The summed E-state index contributed by atoms with van der Waals surface area (Å²) in [5.41, 5.74) is 0.824. The Morgan fingerprint density at radius 1 is 1.22 bits per heavy atom. The first-order chi connectivity index (χ1) is 8.78. The highest BCUT2D eigenvalue weighted by molar-refractivity contribution is 5.53. The second-order valence-corrected chi connectivity index (χ2v) is 5.01. The van der Waals surface area contributed by atoms with Gasteiger partial charge in [0.15, 0.2) is 0 Å². The van der Waals surface area contributed by atoms with Crippen LogP contribution < -0.4 is 5.32 Å². The highest BCUT2D eigenvalue weighted by Crippen LogP contribution is 2.29. The molecule has 1 aliphatic heterocycles. The first-order valence-electron chi connectivity index (χ1n) is 6.43. The van der Waals surface area contributed by atoms with Crippen LogP contribution in [0.25, 0.3) is 11.4 Å². The second-order valence-electron chi connectivity index (χ2n) is 5.01. The summed E-state index contributed by atoms with van der Waals surface area (Å²) < 4.78 is 5.44. The van der Waals surface area contributed by atoms with E-state index in [1.165, 1.54) is 12.8 Å². The Balaban J connectivity index is 1.89. The first-order valence-corrected chi connectivity index (χ1v) is 6.43. The normalized spacial score (nSPS) is 24.1. The van der Waals surface area contributed by atoms with Gasteiger partial charge >= 0.3 is 0 Å². The van der Waals surface area contributed by atoms with Gasteiger partial charge in [0, 0.05) is 5.56 Å². The summed E-state index contributed by atoms with van der Waals surface area (Å²) >= 11 is 0. The highest BCUT2D eigenvalue weighted by Gasteiger charge is 2.34. The molecule has 1 unspecified atom stereocenters. The first kappa shape index (κ1) is 11.4. The van der Waals surface area contributed by atoms with Crippen molar-refractivity contribution in [2.45, 2.75) is 31.7 Å². The lowest BCUT2D eigenvalue weighted by Gasteiger charge is -2.31. The number of hydrogen-bond donors (Lipinski definition) is 1. The van der Waals surface area contributed by atoms with E-state index >= 15 is 0 Å². The molecule has 0 radical (unpaired) electrons. The Hall–Kier alpha value is -1.68. The lowest BCUT2D eigenvalue weighted by atomic mass is 9.91. The lowest BCUT2D eigenvalue weighted by Crippen LogP contribution is -2.43. The van der Waals surface area contributed by atoms with Crippen molar-refractivity contribution in [3.8, 4) is 11.4 Å². The third-order valence-electron chi connectivity index (χ3n) is 3.55. The smallest absolute Gasteiger partial charge is 0.246 e. The zero-order valence-corrected chi connectivity index (χ0v) is 10.5. The summed E-state index contributed by atoms with van der Waals surface area (Å²) in [5, 5.41) is 7.56. The predicted molar refractivity (Wildman–Crippen MR) is 68.9 cm³/mol. The number of aromatic nitrogens is 2. The van der Waals surface area contributed by atoms with Crippen LogP contribution in [0.15, 0.2) is 34.9 Å². The summed E-state index contributed by atoms with van der Waals surface area (Å²) in [6.07, 6.45) is 3.46. The largest absolute Gasteiger partial charge is 0.337 e. The van der Waals surface area contributed by atoms with E-state index in [0.29, 0.717) is 11.7 Å². The molecule has 1 fully saturated rings. The van der Waals surface area contributed by atoms with E-state index in [1.807, 2.05) is 30.3 Å². The van der Waals surface area contributed by atoms with Gasteiger partial charge in [0.25, 0.3) is 0 Å². The van der Waals surface area contributed by atoms with Crippen molar-refractivity contribution in [2.75, 3.05) is 6.54 Å². The van der Waals surface area contributed by atoms with Crippen molar-refractivity contribution in [2.24, 2.45) is 0 Å². The van der Waals surface area contributed by atoms with Gasteiger partial charge in [0.2, 0.25) is 11.7 Å². The Bertz CT molecular complexity index is 515. The van der Waals surface area contributed by atoms with Crippen LogP contribution in [-0.2, 0) is 5.54 Å². The van der Waals surface area contributed by atoms with E-state index in [1.54, 1.807) is 0 Å². The summed E-state index contributed by atoms with van der Waals surface area (Å²) in [7, 11) is 0. The monoisotopic (exact) mass is 243 g/mol. The van der Waals surface area contributed by atoms with Gasteiger partial charge in [0.1, 0.15) is 0 Å². The fourth-order valence-corrected chi connectivity index (χ4v) is 2.39. The molecular formula is C14H17N3O. The molecule has 3 rings (SSSR count). The van der Waals surface area contributed by atoms with Crippen molar-refractivity contribution in [3.63, 3.8) is 0 Å². The third-order valence-corrected chi connectivity index (χ3v) is 3.55. The van der Waals surface area contributed by atoms with Crippen LogP contribution in [0.2, 0.25) is 0 Å². The van der Waals surface area contributed by atoms with Crippen LogP contribution in [0.4, 0.5) is 0 Å². The van der Waals surface area contributed by atoms with Gasteiger partial charge in [-0.1, -0.05) is 35.5 Å². The molecule has 94 valence electrons. The van der Waals surface area contributed by atoms with Crippen LogP contribution in [0.1, 0.15) is 32.1 Å². The van der Waals surface area contributed by atoms with Crippen molar-refractivity contribution in [3.05, 3.63) is 36.2 Å². The van der Waals surface area contributed by atoms with Gasteiger partial charge < -0.3 is 9.84 Å². The van der Waals surface area contributed by atoms with Crippen molar-refractivity contribution in [1.82, 2.24) is 15.5 Å². The average Bonchev–Trinajstić information content (AvgIpc) is 2.91. The van der Waals surface area contributed by atoms with Gasteiger partial charge in [-0.15, -0.1) is 0 Å². The molecule has 2 heterocycles. The lowest BCUT2D eigenvalue weighted by molar-refractivity contribution is 0.207. The number of nitrogens with one attached hydrogen (secondary N) is 1. The zero-order valence-electron chi connectivity index (χ0n) is 10.5. The van der Waals surface area contributed by atoms with Gasteiger partial charge in [-0.3, -0.25) is 0 Å². The summed E-state index contributed by atoms with van der Waals surface area (Å²) in [4.78, 5) is 4.54. The fraction of sp³-hybridized carbons (Fsp3) is 0.429.